The molecule has 24 heavy (non-hydrogen) atoms. The highest BCUT2D eigenvalue weighted by molar-refractivity contribution is 5.80. The van der Waals surface area contributed by atoms with Crippen LogP contribution >= 0.6 is 0 Å². The summed E-state index contributed by atoms with van der Waals surface area (Å²) < 4.78 is 0. The molecule has 3 aliphatic heterocycles. The van der Waals surface area contributed by atoms with E-state index in [0.29, 0.717) is 17.5 Å². The van der Waals surface area contributed by atoms with Crippen LogP contribution in [0.4, 0.5) is 0 Å². The van der Waals surface area contributed by atoms with Crippen LogP contribution < -0.4 is 0 Å². The highest BCUT2D eigenvalue weighted by Gasteiger charge is 2.39. The number of piperidine rings is 1. The van der Waals surface area contributed by atoms with Gasteiger partial charge in [-0.05, 0) is 44.4 Å². The minimum absolute atomic E-state index is 0.119. The van der Waals surface area contributed by atoms with Crippen LogP contribution in [0.5, 0.6) is 0 Å². The predicted molar refractivity (Wildman–Crippen MR) is 94.1 cm³/mol. The van der Waals surface area contributed by atoms with Gasteiger partial charge in [-0.2, -0.15) is 5.26 Å². The number of fused-ring (bicyclic) bond motifs is 4. The fraction of sp³-hybridized carbons (Fsp3) is 0.500. The van der Waals surface area contributed by atoms with Gasteiger partial charge in [0.15, 0.2) is 0 Å². The topological polar surface area (TPSA) is 47.3 Å². The highest BCUT2D eigenvalue weighted by atomic mass is 16.2. The van der Waals surface area contributed by atoms with E-state index < -0.39 is 0 Å². The maximum Gasteiger partial charge on any atom is 0.227 e. The first-order valence-corrected chi connectivity index (χ1v) is 8.72. The molecule has 0 N–H and O–H groups in total. The lowest BCUT2D eigenvalue weighted by atomic mass is 9.94. The molecule has 1 aromatic rings. The van der Waals surface area contributed by atoms with Crippen molar-refractivity contribution in [3.63, 3.8) is 0 Å². The molecule has 0 spiro atoms. The van der Waals surface area contributed by atoms with E-state index in [9.17, 15) is 4.79 Å². The molecule has 3 aliphatic rings. The molecule has 4 rings (SSSR count). The first kappa shape index (κ1) is 16.7. The number of hydrogen-bond acceptors (Lipinski definition) is 3. The number of carbonyl (C=O) groups is 1. The number of nitriles is 1. The molecule has 0 radical (unpaired) electrons. The number of allylic oxidation sites excluding steroid dienone is 1. The van der Waals surface area contributed by atoms with Crippen LogP contribution in [0.2, 0.25) is 0 Å². The smallest absolute Gasteiger partial charge is 0.227 e. The van der Waals surface area contributed by atoms with Gasteiger partial charge in [-0.25, -0.2) is 0 Å². The van der Waals surface area contributed by atoms with Crippen molar-refractivity contribution in [1.82, 2.24) is 9.80 Å². The van der Waals surface area contributed by atoms with Crippen LogP contribution in [-0.4, -0.2) is 41.4 Å². The second-order valence-electron chi connectivity index (χ2n) is 7.21. The van der Waals surface area contributed by atoms with E-state index >= 15 is 0 Å². The monoisotopic (exact) mass is 323 g/mol. The molecule has 1 aromatic carbocycles. The Balaban J connectivity index is 1.73. The van der Waals surface area contributed by atoms with Gasteiger partial charge in [-0.3, -0.25) is 9.69 Å². The lowest BCUT2D eigenvalue weighted by Crippen LogP contribution is -2.47. The molecule has 0 saturated carbocycles. The first-order chi connectivity index (χ1) is 11.6. The maximum absolute atomic E-state index is 12.7. The molecule has 3 heterocycles. The van der Waals surface area contributed by atoms with Crippen LogP contribution in [0, 0.1) is 17.2 Å². The van der Waals surface area contributed by atoms with Crippen molar-refractivity contribution in [1.29, 1.82) is 5.26 Å². The molecule has 4 heteroatoms. The number of hydrogen-bond donors (Lipinski definition) is 0. The molecular formula is C20H25N3O. The van der Waals surface area contributed by atoms with E-state index in [2.05, 4.69) is 41.9 Å². The first-order valence-electron chi connectivity index (χ1n) is 8.72. The second-order valence-corrected chi connectivity index (χ2v) is 7.21. The average molecular weight is 323 g/mol. The second kappa shape index (κ2) is 7.19. The van der Waals surface area contributed by atoms with Crippen LogP contribution in [0.1, 0.15) is 37.8 Å². The summed E-state index contributed by atoms with van der Waals surface area (Å²) in [4.78, 5) is 17.2. The summed E-state index contributed by atoms with van der Waals surface area (Å²) in [6.07, 6.45) is 4.25. The van der Waals surface area contributed by atoms with Crippen LogP contribution in [-0.2, 0) is 11.3 Å². The Kier molecular flexibility index (Phi) is 5.01. The molecule has 3 saturated heterocycles. The average Bonchev–Trinajstić information content (AvgIpc) is 2.83. The third kappa shape index (κ3) is 3.68. The van der Waals surface area contributed by atoms with Crippen LogP contribution in [0.15, 0.2) is 35.9 Å². The molecule has 3 fully saturated rings. The Labute approximate surface area is 144 Å². The van der Waals surface area contributed by atoms with Crippen molar-refractivity contribution in [3.8, 4) is 6.07 Å². The number of nitrogens with zero attached hydrogens (tertiary/aromatic N) is 3. The SMILES string of the molecule is CC(C)=CCN1C(=O)[C@H]2CC[C@@H]1CN(Cc1cccc(C#N)c1)C2. The van der Waals surface area contributed by atoms with Crippen molar-refractivity contribution >= 4 is 5.91 Å². The fourth-order valence-electron chi connectivity index (χ4n) is 3.78. The van der Waals surface area contributed by atoms with Crippen molar-refractivity contribution in [2.24, 2.45) is 5.92 Å². The lowest BCUT2D eigenvalue weighted by molar-refractivity contribution is -0.139. The summed E-state index contributed by atoms with van der Waals surface area (Å²) in [5, 5.41) is 9.06. The van der Waals surface area contributed by atoms with E-state index in [1.165, 1.54) is 5.57 Å². The summed E-state index contributed by atoms with van der Waals surface area (Å²) in [6.45, 7) is 7.46. The third-order valence-corrected chi connectivity index (χ3v) is 5.03. The van der Waals surface area contributed by atoms with Gasteiger partial charge >= 0.3 is 0 Å². The van der Waals surface area contributed by atoms with Crippen molar-refractivity contribution in [2.45, 2.75) is 39.3 Å². The van der Waals surface area contributed by atoms with Gasteiger partial charge in [0, 0.05) is 32.2 Å². The van der Waals surface area contributed by atoms with Crippen LogP contribution in [0.25, 0.3) is 0 Å². The van der Waals surface area contributed by atoms with E-state index in [0.717, 1.165) is 44.6 Å². The molecule has 0 aromatic heterocycles. The van der Waals surface area contributed by atoms with Crippen molar-refractivity contribution in [3.05, 3.63) is 47.0 Å². The quantitative estimate of drug-likeness (QED) is 0.800. The Bertz CT molecular complexity index is 684. The van der Waals surface area contributed by atoms with Crippen molar-refractivity contribution < 1.29 is 4.79 Å². The Morgan fingerprint density at radius 1 is 1.33 bits per heavy atom. The number of rotatable bonds is 4. The zero-order chi connectivity index (χ0) is 17.1. The molecule has 126 valence electrons. The summed E-state index contributed by atoms with van der Waals surface area (Å²) in [7, 11) is 0. The minimum Gasteiger partial charge on any atom is -0.334 e. The largest absolute Gasteiger partial charge is 0.334 e. The Morgan fingerprint density at radius 2 is 2.17 bits per heavy atom. The van der Waals surface area contributed by atoms with E-state index in [1.54, 1.807) is 0 Å². The van der Waals surface area contributed by atoms with Gasteiger partial charge in [0.2, 0.25) is 5.91 Å². The van der Waals surface area contributed by atoms with Gasteiger partial charge in [0.25, 0.3) is 0 Å². The van der Waals surface area contributed by atoms with Crippen LogP contribution in [0.3, 0.4) is 0 Å². The minimum atomic E-state index is 0.119. The molecule has 4 nitrogen and oxygen atoms in total. The maximum atomic E-state index is 12.7. The fourth-order valence-corrected chi connectivity index (χ4v) is 3.78. The van der Waals surface area contributed by atoms with E-state index in [4.69, 9.17) is 5.26 Å². The molecule has 0 unspecified atom stereocenters. The number of amides is 1. The van der Waals surface area contributed by atoms with Gasteiger partial charge < -0.3 is 4.90 Å². The zero-order valence-corrected chi connectivity index (χ0v) is 14.5. The summed E-state index contributed by atoms with van der Waals surface area (Å²) in [5.74, 6) is 0.436. The van der Waals surface area contributed by atoms with Gasteiger partial charge in [-0.1, -0.05) is 23.8 Å². The van der Waals surface area contributed by atoms with Gasteiger partial charge in [0.1, 0.15) is 0 Å². The number of benzene rings is 1. The summed E-state index contributed by atoms with van der Waals surface area (Å²) in [6, 6.07) is 10.3. The Hall–Kier alpha value is -2.12. The molecule has 2 atom stereocenters. The normalized spacial score (nSPS) is 23.7. The molecule has 2 bridgehead atoms. The summed E-state index contributed by atoms with van der Waals surface area (Å²) in [5.41, 5.74) is 3.11. The third-order valence-electron chi connectivity index (χ3n) is 5.03. The molecular weight excluding hydrogens is 298 g/mol. The van der Waals surface area contributed by atoms with Crippen molar-refractivity contribution in [2.75, 3.05) is 19.6 Å². The van der Waals surface area contributed by atoms with E-state index in [1.807, 2.05) is 18.2 Å². The highest BCUT2D eigenvalue weighted by Crippen LogP contribution is 2.30. The molecule has 0 aliphatic carbocycles. The zero-order valence-electron chi connectivity index (χ0n) is 14.5. The Morgan fingerprint density at radius 3 is 2.92 bits per heavy atom. The summed E-state index contributed by atoms with van der Waals surface area (Å²) >= 11 is 0. The number of carbonyl (C=O) groups excluding carboxylic acids is 1. The van der Waals surface area contributed by atoms with Gasteiger partial charge in [-0.15, -0.1) is 0 Å². The lowest BCUT2D eigenvalue weighted by Gasteiger charge is -2.35. The standard InChI is InChI=1S/C20H25N3O/c1-15(2)8-9-23-19-7-6-18(20(23)24)13-22(14-19)12-17-5-3-4-16(10-17)11-21/h3-5,8,10,18-19H,6-7,9,12-14H2,1-2H3/t18-,19+/m0/s1. The van der Waals surface area contributed by atoms with Gasteiger partial charge in [0.05, 0.1) is 17.6 Å². The molecule has 1 amide bonds. The van der Waals surface area contributed by atoms with E-state index in [-0.39, 0.29) is 5.92 Å². The predicted octanol–water partition coefficient (Wildman–Crippen LogP) is 2.95.